The normalized spacial score (nSPS) is 11.8. The van der Waals surface area contributed by atoms with Gasteiger partial charge in [-0.2, -0.15) is 0 Å². The highest BCUT2D eigenvalue weighted by Crippen LogP contribution is 2.43. The van der Waals surface area contributed by atoms with Gasteiger partial charge in [0.05, 0.1) is 11.2 Å². The molecule has 3 aromatic heterocycles. The summed E-state index contributed by atoms with van der Waals surface area (Å²) >= 11 is 1.86. The Hall–Kier alpha value is -6.82. The quantitative estimate of drug-likeness (QED) is 0.172. The Balaban J connectivity index is 1.07. The lowest BCUT2D eigenvalue weighted by atomic mass is 9.97. The first-order valence-corrected chi connectivity index (χ1v) is 18.5. The van der Waals surface area contributed by atoms with Crippen LogP contribution in [0.4, 0.5) is 0 Å². The highest BCUT2D eigenvalue weighted by molar-refractivity contribution is 7.26. The van der Waals surface area contributed by atoms with Crippen molar-refractivity contribution in [3.05, 3.63) is 170 Å². The third-order valence-corrected chi connectivity index (χ3v) is 11.5. The minimum absolute atomic E-state index is 0.626. The van der Waals surface area contributed by atoms with Crippen LogP contribution in [-0.2, 0) is 0 Å². The van der Waals surface area contributed by atoms with Crippen LogP contribution in [0.1, 0.15) is 0 Å². The second-order valence-corrected chi connectivity index (χ2v) is 14.5. The fraction of sp³-hybridized carbons (Fsp3) is 0. The minimum atomic E-state index is 0.626. The zero-order valence-electron chi connectivity index (χ0n) is 28.4. The molecule has 3 heterocycles. The molecule has 0 saturated heterocycles. The molecule has 11 rings (SSSR count). The molecule has 0 aliphatic heterocycles. The van der Waals surface area contributed by atoms with Crippen molar-refractivity contribution in [2.75, 3.05) is 0 Å². The first kappa shape index (κ1) is 29.9. The van der Waals surface area contributed by atoms with Crippen LogP contribution in [-0.4, -0.2) is 19.9 Å². The molecule has 8 aromatic carbocycles. The molecule has 11 aromatic rings. The summed E-state index contributed by atoms with van der Waals surface area (Å²) in [6.45, 7) is 0. The molecule has 0 radical (unpaired) electrons. The zero-order valence-corrected chi connectivity index (χ0v) is 29.2. The summed E-state index contributed by atoms with van der Waals surface area (Å²) in [5.74, 6) is 1.91. The predicted molar refractivity (Wildman–Crippen MR) is 222 cm³/mol. The van der Waals surface area contributed by atoms with E-state index in [1.165, 1.54) is 41.7 Å². The number of hydrogen-bond acceptors (Lipinski definition) is 5. The highest BCUT2D eigenvalue weighted by atomic mass is 32.1. The molecule has 0 aliphatic carbocycles. The van der Waals surface area contributed by atoms with Crippen LogP contribution in [0.15, 0.2) is 170 Å². The van der Waals surface area contributed by atoms with Gasteiger partial charge in [-0.15, -0.1) is 11.3 Å². The van der Waals surface area contributed by atoms with Gasteiger partial charge in [0.25, 0.3) is 0 Å². The molecular formula is C48H28N4S. The van der Waals surface area contributed by atoms with E-state index in [-0.39, 0.29) is 0 Å². The molecule has 0 spiro atoms. The van der Waals surface area contributed by atoms with E-state index in [0.717, 1.165) is 49.6 Å². The van der Waals surface area contributed by atoms with E-state index in [1.54, 1.807) is 0 Å². The van der Waals surface area contributed by atoms with E-state index in [2.05, 4.69) is 170 Å². The van der Waals surface area contributed by atoms with Gasteiger partial charge in [0, 0.05) is 58.6 Å². The van der Waals surface area contributed by atoms with Gasteiger partial charge in [-0.1, -0.05) is 146 Å². The Morgan fingerprint density at radius 3 is 1.53 bits per heavy atom. The molecule has 0 saturated carbocycles. The largest absolute Gasteiger partial charge is 0.247 e. The maximum Gasteiger partial charge on any atom is 0.164 e. The van der Waals surface area contributed by atoms with Gasteiger partial charge in [0.1, 0.15) is 0 Å². The standard InChI is InChI=1S/C48H28N4S/c1-3-11-33-27-35(23-17-29(33)9-1)47-50-46(51-48(52-47)36-24-18-30-10-2-4-12-34(30)28-36)32-21-19-31(20-22-32)44-40-26-25-38-37-13-6-8-16-42(37)53-45(38)43(40)39-14-5-7-15-41(39)49-44/h1-28H. The molecule has 0 amide bonds. The Labute approximate surface area is 308 Å². The Bertz CT molecular complexity index is 3140. The van der Waals surface area contributed by atoms with Crippen LogP contribution < -0.4 is 0 Å². The number of aromatic nitrogens is 4. The second kappa shape index (κ2) is 11.9. The molecule has 53 heavy (non-hydrogen) atoms. The van der Waals surface area contributed by atoms with Crippen molar-refractivity contribution < 1.29 is 0 Å². The molecule has 0 bridgehead atoms. The number of thiophene rings is 1. The minimum Gasteiger partial charge on any atom is -0.247 e. The first-order valence-electron chi connectivity index (χ1n) is 17.7. The van der Waals surface area contributed by atoms with Gasteiger partial charge < -0.3 is 0 Å². The number of nitrogens with zero attached hydrogens (tertiary/aromatic N) is 4. The molecule has 5 heteroatoms. The van der Waals surface area contributed by atoms with Gasteiger partial charge in [0.2, 0.25) is 0 Å². The molecule has 0 unspecified atom stereocenters. The monoisotopic (exact) mass is 692 g/mol. The number of para-hydroxylation sites is 1. The summed E-state index contributed by atoms with van der Waals surface area (Å²) < 4.78 is 2.60. The van der Waals surface area contributed by atoms with Crippen molar-refractivity contribution in [1.82, 2.24) is 19.9 Å². The Morgan fingerprint density at radius 2 is 0.849 bits per heavy atom. The second-order valence-electron chi connectivity index (χ2n) is 13.4. The molecule has 246 valence electrons. The third-order valence-electron chi connectivity index (χ3n) is 10.3. The van der Waals surface area contributed by atoms with Crippen LogP contribution >= 0.6 is 11.3 Å². The first-order chi connectivity index (χ1) is 26.2. The molecule has 0 atom stereocenters. The molecule has 0 aliphatic rings. The summed E-state index contributed by atoms with van der Waals surface area (Å²) in [7, 11) is 0. The van der Waals surface area contributed by atoms with Crippen molar-refractivity contribution in [3.63, 3.8) is 0 Å². The number of pyridine rings is 1. The third kappa shape index (κ3) is 4.97. The lowest BCUT2D eigenvalue weighted by Gasteiger charge is -2.12. The average molecular weight is 693 g/mol. The molecular weight excluding hydrogens is 665 g/mol. The van der Waals surface area contributed by atoms with Crippen molar-refractivity contribution in [2.45, 2.75) is 0 Å². The van der Waals surface area contributed by atoms with Crippen LogP contribution in [0.25, 0.3) is 109 Å². The Kier molecular flexibility index (Phi) is 6.69. The topological polar surface area (TPSA) is 51.6 Å². The van der Waals surface area contributed by atoms with Crippen molar-refractivity contribution >= 4 is 74.7 Å². The summed E-state index contributed by atoms with van der Waals surface area (Å²) in [6, 6.07) is 59.7. The van der Waals surface area contributed by atoms with E-state index in [1.807, 2.05) is 11.3 Å². The molecule has 0 fully saturated rings. The van der Waals surface area contributed by atoms with Gasteiger partial charge in [-0.3, -0.25) is 0 Å². The van der Waals surface area contributed by atoms with E-state index < -0.39 is 0 Å². The van der Waals surface area contributed by atoms with Crippen LogP contribution in [0.3, 0.4) is 0 Å². The summed E-state index contributed by atoms with van der Waals surface area (Å²) in [5, 5.41) is 10.8. The van der Waals surface area contributed by atoms with Crippen molar-refractivity contribution in [2.24, 2.45) is 0 Å². The van der Waals surface area contributed by atoms with E-state index in [0.29, 0.717) is 17.5 Å². The highest BCUT2D eigenvalue weighted by Gasteiger charge is 2.17. The van der Waals surface area contributed by atoms with Crippen molar-refractivity contribution in [1.29, 1.82) is 0 Å². The SMILES string of the molecule is c1ccc2cc(-c3nc(-c4ccc(-c5nc6ccccc6c6c5ccc5c7ccccc7sc56)cc4)nc(-c4ccc5ccccc5c4)n3)ccc2c1. The van der Waals surface area contributed by atoms with Crippen LogP contribution in [0.5, 0.6) is 0 Å². The lowest BCUT2D eigenvalue weighted by molar-refractivity contribution is 1.08. The summed E-state index contributed by atoms with van der Waals surface area (Å²) in [5.41, 5.74) is 5.81. The maximum absolute atomic E-state index is 5.26. The summed E-state index contributed by atoms with van der Waals surface area (Å²) in [4.78, 5) is 20.5. The van der Waals surface area contributed by atoms with Crippen molar-refractivity contribution in [3.8, 4) is 45.4 Å². The smallest absolute Gasteiger partial charge is 0.164 e. The van der Waals surface area contributed by atoms with E-state index in [4.69, 9.17) is 19.9 Å². The van der Waals surface area contributed by atoms with Gasteiger partial charge in [0.15, 0.2) is 17.5 Å². The van der Waals surface area contributed by atoms with Gasteiger partial charge in [-0.05, 0) is 45.8 Å². The fourth-order valence-electron chi connectivity index (χ4n) is 7.63. The lowest BCUT2D eigenvalue weighted by Crippen LogP contribution is -2.00. The number of hydrogen-bond donors (Lipinski definition) is 0. The molecule has 4 nitrogen and oxygen atoms in total. The van der Waals surface area contributed by atoms with E-state index in [9.17, 15) is 0 Å². The van der Waals surface area contributed by atoms with E-state index >= 15 is 0 Å². The number of rotatable bonds is 4. The number of benzene rings is 8. The summed E-state index contributed by atoms with van der Waals surface area (Å²) in [6.07, 6.45) is 0. The zero-order chi connectivity index (χ0) is 34.9. The van der Waals surface area contributed by atoms with Gasteiger partial charge in [-0.25, -0.2) is 19.9 Å². The molecule has 0 N–H and O–H groups in total. The maximum atomic E-state index is 5.26. The fourth-order valence-corrected chi connectivity index (χ4v) is 8.90. The predicted octanol–water partition coefficient (Wildman–Crippen LogP) is 12.9. The van der Waals surface area contributed by atoms with Gasteiger partial charge >= 0.3 is 0 Å². The van der Waals surface area contributed by atoms with Crippen LogP contribution in [0.2, 0.25) is 0 Å². The average Bonchev–Trinajstić information content (AvgIpc) is 3.62. The number of fused-ring (bicyclic) bond motifs is 9. The Morgan fingerprint density at radius 1 is 0.340 bits per heavy atom. The van der Waals surface area contributed by atoms with Crippen LogP contribution in [0, 0.1) is 0 Å².